The molecule has 0 radical (unpaired) electrons. The van der Waals surface area contributed by atoms with Crippen LogP contribution in [0.15, 0.2) is 23.2 Å². The van der Waals surface area contributed by atoms with Crippen LogP contribution >= 0.6 is 0 Å². The molecule has 0 unspecified atom stereocenters. The van der Waals surface area contributed by atoms with Gasteiger partial charge in [-0.15, -0.1) is 0 Å². The fourth-order valence-corrected chi connectivity index (χ4v) is 3.74. The second kappa shape index (κ2) is 7.45. The lowest BCUT2D eigenvalue weighted by Gasteiger charge is -2.32. The van der Waals surface area contributed by atoms with E-state index in [1.165, 1.54) is 19.6 Å². The summed E-state index contributed by atoms with van der Waals surface area (Å²) in [5.41, 5.74) is -0.498. The number of halogens is 3. The first-order valence-corrected chi connectivity index (χ1v) is 9.27. The molecule has 0 bridgehead atoms. The minimum atomic E-state index is -4.55. The Balaban J connectivity index is 1.57. The molecule has 3 aromatic rings. The predicted molar refractivity (Wildman–Crippen MR) is 94.7 cm³/mol. The van der Waals surface area contributed by atoms with Crippen LogP contribution in [0.25, 0.3) is 11.1 Å². The Bertz CT molecular complexity index is 1010. The van der Waals surface area contributed by atoms with Gasteiger partial charge in [0.05, 0.1) is 23.2 Å². The summed E-state index contributed by atoms with van der Waals surface area (Å²) in [6.45, 7) is 2.73. The van der Waals surface area contributed by atoms with Gasteiger partial charge in [-0.1, -0.05) is 5.16 Å². The van der Waals surface area contributed by atoms with Gasteiger partial charge < -0.3 is 9.42 Å². The van der Waals surface area contributed by atoms with E-state index in [0.29, 0.717) is 32.5 Å². The number of hydrogen-bond acceptors (Lipinski definition) is 6. The second-order valence-corrected chi connectivity index (χ2v) is 7.14. The first-order valence-electron chi connectivity index (χ1n) is 9.27. The Morgan fingerprint density at radius 3 is 2.93 bits per heavy atom. The highest BCUT2D eigenvalue weighted by Crippen LogP contribution is 2.40. The summed E-state index contributed by atoms with van der Waals surface area (Å²) < 4.78 is 47.5. The summed E-state index contributed by atoms with van der Waals surface area (Å²) in [6.07, 6.45) is -0.0840. The van der Waals surface area contributed by atoms with Gasteiger partial charge in [-0.2, -0.15) is 18.3 Å². The number of piperidine rings is 1. The highest BCUT2D eigenvalue weighted by atomic mass is 19.4. The highest BCUT2D eigenvalue weighted by molar-refractivity contribution is 5.82. The Hall–Kier alpha value is -2.98. The maximum absolute atomic E-state index is 13.6. The predicted octanol–water partition coefficient (Wildman–Crippen LogP) is 2.94. The van der Waals surface area contributed by atoms with E-state index in [4.69, 9.17) is 4.52 Å². The minimum absolute atomic E-state index is 0.0805. The van der Waals surface area contributed by atoms with Crippen molar-refractivity contribution in [1.82, 2.24) is 29.8 Å². The van der Waals surface area contributed by atoms with E-state index < -0.39 is 11.7 Å². The SMILES string of the molecule is Cc1cc(C(F)(F)F)c2c([C@H]3CCCN(C(=O)CCn4cncn4)C3)noc2n1. The molecule has 1 aliphatic rings. The van der Waals surface area contributed by atoms with Gasteiger partial charge >= 0.3 is 6.18 Å². The van der Waals surface area contributed by atoms with Crippen LogP contribution in [0.5, 0.6) is 0 Å². The van der Waals surface area contributed by atoms with Crippen molar-refractivity contribution in [1.29, 1.82) is 0 Å². The number of carbonyl (C=O) groups excluding carboxylic acids is 1. The smallest absolute Gasteiger partial charge is 0.342 e. The number of aryl methyl sites for hydroxylation is 2. The molecule has 29 heavy (non-hydrogen) atoms. The molecule has 0 aromatic carbocycles. The molecule has 0 aliphatic carbocycles. The summed E-state index contributed by atoms with van der Waals surface area (Å²) in [5, 5.41) is 7.77. The summed E-state index contributed by atoms with van der Waals surface area (Å²) in [4.78, 5) is 22.1. The molecular formula is C18H19F3N6O2. The van der Waals surface area contributed by atoms with E-state index in [1.54, 1.807) is 9.58 Å². The molecule has 1 aliphatic heterocycles. The third-order valence-electron chi connectivity index (χ3n) is 5.09. The number of nitrogens with zero attached hydrogens (tertiary/aromatic N) is 6. The van der Waals surface area contributed by atoms with Crippen molar-refractivity contribution in [2.75, 3.05) is 13.1 Å². The molecule has 4 heterocycles. The lowest BCUT2D eigenvalue weighted by molar-refractivity contribution is -0.136. The normalized spacial score (nSPS) is 17.8. The number of pyridine rings is 1. The van der Waals surface area contributed by atoms with Gasteiger partial charge in [0.1, 0.15) is 12.7 Å². The standard InChI is InChI=1S/C18H19F3N6O2/c1-11-7-13(18(19,20)21)15-16(25-29-17(15)24-11)12-3-2-5-26(8-12)14(28)4-6-27-10-22-9-23-27/h7,9-10,12H,2-6,8H2,1H3/t12-/m0/s1. The number of rotatable bonds is 4. The van der Waals surface area contributed by atoms with Crippen molar-refractivity contribution in [3.05, 3.63) is 35.7 Å². The Labute approximate surface area is 163 Å². The molecule has 3 aromatic heterocycles. The van der Waals surface area contributed by atoms with Gasteiger partial charge in [-0.25, -0.2) is 9.97 Å². The van der Waals surface area contributed by atoms with E-state index in [2.05, 4.69) is 20.2 Å². The zero-order chi connectivity index (χ0) is 20.6. The van der Waals surface area contributed by atoms with Crippen molar-refractivity contribution < 1.29 is 22.5 Å². The minimum Gasteiger partial charge on any atom is -0.342 e. The van der Waals surface area contributed by atoms with Crippen molar-refractivity contribution in [2.24, 2.45) is 0 Å². The van der Waals surface area contributed by atoms with E-state index >= 15 is 0 Å². The summed E-state index contributed by atoms with van der Waals surface area (Å²) >= 11 is 0. The van der Waals surface area contributed by atoms with Crippen molar-refractivity contribution >= 4 is 17.0 Å². The summed E-state index contributed by atoms with van der Waals surface area (Å²) in [5.74, 6) is -0.422. The van der Waals surface area contributed by atoms with Crippen molar-refractivity contribution in [3.8, 4) is 0 Å². The van der Waals surface area contributed by atoms with Crippen LogP contribution in [-0.2, 0) is 17.5 Å². The number of aromatic nitrogens is 5. The Morgan fingerprint density at radius 2 is 2.21 bits per heavy atom. The molecule has 1 saturated heterocycles. The van der Waals surface area contributed by atoms with Crippen LogP contribution in [0.2, 0.25) is 0 Å². The van der Waals surface area contributed by atoms with E-state index in [-0.39, 0.29) is 40.7 Å². The maximum Gasteiger partial charge on any atom is 0.417 e. The van der Waals surface area contributed by atoms with Gasteiger partial charge in [0, 0.05) is 31.1 Å². The first kappa shape index (κ1) is 19.3. The Kier molecular flexibility index (Phi) is 4.97. The average molecular weight is 408 g/mol. The number of likely N-dealkylation sites (tertiary alicyclic amines) is 1. The fraction of sp³-hybridized carbons (Fsp3) is 0.500. The van der Waals surface area contributed by atoms with Gasteiger partial charge in [0.2, 0.25) is 5.91 Å². The number of fused-ring (bicyclic) bond motifs is 1. The molecule has 0 spiro atoms. The molecule has 1 atom stereocenters. The van der Waals surface area contributed by atoms with Crippen LogP contribution in [0, 0.1) is 6.92 Å². The lowest BCUT2D eigenvalue weighted by atomic mass is 9.91. The van der Waals surface area contributed by atoms with Gasteiger partial charge in [0.25, 0.3) is 5.71 Å². The molecular weight excluding hydrogens is 389 g/mol. The zero-order valence-corrected chi connectivity index (χ0v) is 15.7. The number of hydrogen-bond donors (Lipinski definition) is 0. The molecule has 154 valence electrons. The first-order chi connectivity index (χ1) is 13.8. The van der Waals surface area contributed by atoms with Gasteiger partial charge in [0.15, 0.2) is 0 Å². The second-order valence-electron chi connectivity index (χ2n) is 7.14. The van der Waals surface area contributed by atoms with Crippen LogP contribution in [0.4, 0.5) is 13.2 Å². The molecule has 1 fully saturated rings. The van der Waals surface area contributed by atoms with E-state index in [9.17, 15) is 18.0 Å². The van der Waals surface area contributed by atoms with Crippen LogP contribution < -0.4 is 0 Å². The molecule has 4 rings (SSSR count). The zero-order valence-electron chi connectivity index (χ0n) is 15.7. The third kappa shape index (κ3) is 3.94. The average Bonchev–Trinajstić information content (AvgIpc) is 3.34. The molecule has 0 N–H and O–H groups in total. The van der Waals surface area contributed by atoms with Gasteiger partial charge in [-0.3, -0.25) is 9.48 Å². The summed E-state index contributed by atoms with van der Waals surface area (Å²) in [7, 11) is 0. The molecule has 1 amide bonds. The number of carbonyl (C=O) groups is 1. The van der Waals surface area contributed by atoms with Gasteiger partial charge in [-0.05, 0) is 25.8 Å². The quantitative estimate of drug-likeness (QED) is 0.659. The van der Waals surface area contributed by atoms with Crippen molar-refractivity contribution in [2.45, 2.75) is 44.8 Å². The Morgan fingerprint density at radius 1 is 1.38 bits per heavy atom. The van der Waals surface area contributed by atoms with E-state index in [0.717, 1.165) is 6.07 Å². The maximum atomic E-state index is 13.6. The van der Waals surface area contributed by atoms with Crippen LogP contribution in [-0.4, -0.2) is 48.8 Å². The number of amides is 1. The molecule has 11 heteroatoms. The highest BCUT2D eigenvalue weighted by Gasteiger charge is 2.38. The molecule has 0 saturated carbocycles. The fourth-order valence-electron chi connectivity index (χ4n) is 3.74. The van der Waals surface area contributed by atoms with Crippen molar-refractivity contribution in [3.63, 3.8) is 0 Å². The van der Waals surface area contributed by atoms with E-state index in [1.807, 2.05) is 0 Å². The summed E-state index contributed by atoms with van der Waals surface area (Å²) in [6, 6.07) is 1.01. The third-order valence-corrected chi connectivity index (χ3v) is 5.09. The van der Waals surface area contributed by atoms with Crippen LogP contribution in [0.1, 0.15) is 42.1 Å². The number of alkyl halides is 3. The largest absolute Gasteiger partial charge is 0.417 e. The van der Waals surface area contributed by atoms with Crippen LogP contribution in [0.3, 0.4) is 0 Å². The molecule has 8 nitrogen and oxygen atoms in total. The lowest BCUT2D eigenvalue weighted by Crippen LogP contribution is -2.39. The monoisotopic (exact) mass is 408 g/mol. The topological polar surface area (TPSA) is 89.9 Å².